The van der Waals surface area contributed by atoms with Gasteiger partial charge < -0.3 is 10.6 Å². The fraction of sp³-hybridized carbons (Fsp3) is 0.917. The third kappa shape index (κ3) is 4.33. The molecule has 2 fully saturated rings. The molecular weight excluding hydrogens is 266 g/mol. The van der Waals surface area contributed by atoms with Crippen LogP contribution in [0.15, 0.2) is 0 Å². The van der Waals surface area contributed by atoms with Crippen molar-refractivity contribution >= 4 is 29.4 Å². The summed E-state index contributed by atoms with van der Waals surface area (Å²) >= 11 is 3.99. The van der Waals surface area contributed by atoms with E-state index in [1.165, 1.54) is 17.3 Å². The van der Waals surface area contributed by atoms with Crippen molar-refractivity contribution in [2.45, 2.75) is 18.2 Å². The average molecular weight is 289 g/mol. The Hall–Kier alpha value is 0.0900. The maximum atomic E-state index is 12.1. The minimum Gasteiger partial charge on any atom is -0.354 e. The van der Waals surface area contributed by atoms with Gasteiger partial charge in [0.2, 0.25) is 5.91 Å². The number of piperazine rings is 1. The Labute approximate surface area is 118 Å². The van der Waals surface area contributed by atoms with Crippen molar-refractivity contribution in [2.75, 3.05) is 50.0 Å². The van der Waals surface area contributed by atoms with E-state index in [1.54, 1.807) is 0 Å². The molecule has 0 bridgehead atoms. The number of thioether (sulfide) groups is 2. The molecule has 0 saturated carbocycles. The van der Waals surface area contributed by atoms with Crippen molar-refractivity contribution in [1.82, 2.24) is 15.5 Å². The molecular formula is C12H23N3OS2. The molecule has 2 unspecified atom stereocenters. The van der Waals surface area contributed by atoms with Crippen LogP contribution in [0.4, 0.5) is 0 Å². The quantitative estimate of drug-likeness (QED) is 0.776. The lowest BCUT2D eigenvalue weighted by Gasteiger charge is -2.32. The summed E-state index contributed by atoms with van der Waals surface area (Å²) in [5.74, 6) is 3.84. The maximum absolute atomic E-state index is 12.1. The third-order valence-corrected chi connectivity index (χ3v) is 6.31. The Kier molecular flexibility index (Phi) is 6.14. The van der Waals surface area contributed by atoms with Crippen LogP contribution in [0, 0.1) is 0 Å². The molecule has 1 amide bonds. The second-order valence-electron chi connectivity index (χ2n) is 4.77. The van der Waals surface area contributed by atoms with Crippen molar-refractivity contribution < 1.29 is 4.79 Å². The lowest BCUT2D eigenvalue weighted by atomic mass is 10.2. The summed E-state index contributed by atoms with van der Waals surface area (Å²) in [6, 6.07) is 0.00773. The van der Waals surface area contributed by atoms with Crippen LogP contribution in [-0.2, 0) is 4.79 Å². The smallest absolute Gasteiger partial charge is 0.237 e. The first-order valence-electron chi connectivity index (χ1n) is 6.69. The molecule has 2 saturated heterocycles. The van der Waals surface area contributed by atoms with Gasteiger partial charge in [0, 0.05) is 55.2 Å². The largest absolute Gasteiger partial charge is 0.354 e. The number of hydrogen-bond acceptors (Lipinski definition) is 5. The van der Waals surface area contributed by atoms with Crippen LogP contribution in [0.2, 0.25) is 0 Å². The van der Waals surface area contributed by atoms with Gasteiger partial charge in [0.05, 0.1) is 6.04 Å². The molecule has 6 heteroatoms. The van der Waals surface area contributed by atoms with E-state index in [9.17, 15) is 4.79 Å². The maximum Gasteiger partial charge on any atom is 0.237 e. The minimum absolute atomic E-state index is 0.00773. The third-order valence-electron chi connectivity index (χ3n) is 3.47. The van der Waals surface area contributed by atoms with E-state index in [0.717, 1.165) is 32.7 Å². The zero-order valence-corrected chi connectivity index (χ0v) is 12.6. The van der Waals surface area contributed by atoms with Crippen LogP contribution in [0.25, 0.3) is 0 Å². The van der Waals surface area contributed by atoms with Gasteiger partial charge in [-0.2, -0.15) is 23.5 Å². The normalized spacial score (nSPS) is 27.7. The van der Waals surface area contributed by atoms with Gasteiger partial charge in [-0.1, -0.05) is 0 Å². The average Bonchev–Trinajstić information content (AvgIpc) is 2.46. The summed E-state index contributed by atoms with van der Waals surface area (Å²) in [6.45, 7) is 6.78. The van der Waals surface area contributed by atoms with Gasteiger partial charge in [-0.25, -0.2) is 0 Å². The van der Waals surface area contributed by atoms with Crippen LogP contribution >= 0.6 is 23.5 Å². The number of amides is 1. The van der Waals surface area contributed by atoms with Crippen LogP contribution in [-0.4, -0.2) is 72.1 Å². The molecule has 2 rings (SSSR count). The summed E-state index contributed by atoms with van der Waals surface area (Å²) in [7, 11) is 0. The highest BCUT2D eigenvalue weighted by Crippen LogP contribution is 2.23. The summed E-state index contributed by atoms with van der Waals surface area (Å²) in [5.41, 5.74) is 0. The molecule has 2 aliphatic rings. The van der Waals surface area contributed by atoms with E-state index in [2.05, 4.69) is 15.5 Å². The first-order chi connectivity index (χ1) is 8.77. The Balaban J connectivity index is 1.69. The molecule has 18 heavy (non-hydrogen) atoms. The summed E-state index contributed by atoms with van der Waals surface area (Å²) in [5, 5.41) is 7.03. The molecule has 2 heterocycles. The molecule has 0 radical (unpaired) electrons. The van der Waals surface area contributed by atoms with Crippen molar-refractivity contribution in [3.8, 4) is 0 Å². The number of nitrogens with one attached hydrogen (secondary N) is 2. The molecule has 0 spiro atoms. The fourth-order valence-corrected chi connectivity index (χ4v) is 4.86. The van der Waals surface area contributed by atoms with Crippen LogP contribution in [0.3, 0.4) is 0 Å². The van der Waals surface area contributed by atoms with Crippen LogP contribution in [0.5, 0.6) is 0 Å². The van der Waals surface area contributed by atoms with Crippen molar-refractivity contribution in [1.29, 1.82) is 0 Å². The molecule has 2 aliphatic heterocycles. The molecule has 0 aromatic rings. The highest BCUT2D eigenvalue weighted by molar-refractivity contribution is 8.06. The SMILES string of the molecule is CC(C(=O)NCC1CSCCS1)N1CCNCC1. The van der Waals surface area contributed by atoms with Crippen molar-refractivity contribution in [3.05, 3.63) is 0 Å². The van der Waals surface area contributed by atoms with Crippen molar-refractivity contribution in [3.63, 3.8) is 0 Å². The van der Waals surface area contributed by atoms with E-state index in [0.29, 0.717) is 5.25 Å². The van der Waals surface area contributed by atoms with Gasteiger partial charge in [0.15, 0.2) is 0 Å². The van der Waals surface area contributed by atoms with Gasteiger partial charge in [-0.3, -0.25) is 9.69 Å². The van der Waals surface area contributed by atoms with E-state index in [1.807, 2.05) is 30.4 Å². The Bertz CT molecular complexity index is 266. The number of rotatable bonds is 4. The lowest BCUT2D eigenvalue weighted by Crippen LogP contribution is -2.53. The van der Waals surface area contributed by atoms with E-state index in [-0.39, 0.29) is 11.9 Å². The molecule has 104 valence electrons. The van der Waals surface area contributed by atoms with Crippen LogP contribution < -0.4 is 10.6 Å². The summed E-state index contributed by atoms with van der Waals surface area (Å²) in [6.07, 6.45) is 0. The minimum atomic E-state index is 0.00773. The highest BCUT2D eigenvalue weighted by Gasteiger charge is 2.23. The lowest BCUT2D eigenvalue weighted by molar-refractivity contribution is -0.126. The predicted molar refractivity (Wildman–Crippen MR) is 80.5 cm³/mol. The summed E-state index contributed by atoms with van der Waals surface area (Å²) in [4.78, 5) is 14.4. The van der Waals surface area contributed by atoms with Gasteiger partial charge in [-0.05, 0) is 6.92 Å². The molecule has 4 nitrogen and oxygen atoms in total. The first kappa shape index (κ1) is 14.5. The van der Waals surface area contributed by atoms with Crippen molar-refractivity contribution in [2.24, 2.45) is 0 Å². The Morgan fingerprint density at radius 2 is 2.22 bits per heavy atom. The van der Waals surface area contributed by atoms with E-state index < -0.39 is 0 Å². The topological polar surface area (TPSA) is 44.4 Å². The van der Waals surface area contributed by atoms with Crippen LogP contribution in [0.1, 0.15) is 6.92 Å². The monoisotopic (exact) mass is 289 g/mol. The predicted octanol–water partition coefficient (Wildman–Crippen LogP) is 0.245. The number of carbonyl (C=O) groups is 1. The Morgan fingerprint density at radius 1 is 1.44 bits per heavy atom. The number of nitrogens with zero attached hydrogens (tertiary/aromatic N) is 1. The second-order valence-corrected chi connectivity index (χ2v) is 7.33. The van der Waals surface area contributed by atoms with Gasteiger partial charge in [0.25, 0.3) is 0 Å². The van der Waals surface area contributed by atoms with E-state index in [4.69, 9.17) is 0 Å². The molecule has 2 atom stereocenters. The highest BCUT2D eigenvalue weighted by atomic mass is 32.2. The van der Waals surface area contributed by atoms with Gasteiger partial charge in [0.1, 0.15) is 0 Å². The zero-order chi connectivity index (χ0) is 12.8. The van der Waals surface area contributed by atoms with Gasteiger partial charge >= 0.3 is 0 Å². The molecule has 0 aromatic heterocycles. The first-order valence-corrected chi connectivity index (χ1v) is 8.89. The Morgan fingerprint density at radius 3 is 2.89 bits per heavy atom. The zero-order valence-electron chi connectivity index (χ0n) is 11.0. The molecule has 0 aliphatic carbocycles. The number of hydrogen-bond donors (Lipinski definition) is 2. The fourth-order valence-electron chi connectivity index (χ4n) is 2.25. The summed E-state index contributed by atoms with van der Waals surface area (Å²) < 4.78 is 0. The van der Waals surface area contributed by atoms with E-state index >= 15 is 0 Å². The number of carbonyl (C=O) groups excluding carboxylic acids is 1. The standard InChI is InChI=1S/C12H23N3OS2/c1-10(15-4-2-13-3-5-15)12(16)14-8-11-9-17-6-7-18-11/h10-11,13H,2-9H2,1H3,(H,14,16). The molecule has 0 aromatic carbocycles. The second kappa shape index (κ2) is 7.62. The van der Waals surface area contributed by atoms with Gasteiger partial charge in [-0.15, -0.1) is 0 Å². The molecule has 2 N–H and O–H groups in total.